The average Bonchev–Trinajstić information content (AvgIpc) is 2.10. The topological polar surface area (TPSA) is 0 Å². The first-order chi connectivity index (χ1) is 5.62. The molecule has 0 amide bonds. The van der Waals surface area contributed by atoms with Crippen LogP contribution in [0.5, 0.6) is 0 Å². The van der Waals surface area contributed by atoms with E-state index in [9.17, 15) is 0 Å². The third-order valence-corrected chi connectivity index (χ3v) is 3.51. The van der Waals surface area contributed by atoms with Crippen LogP contribution in [0.3, 0.4) is 0 Å². The minimum atomic E-state index is 0.108. The molecule has 0 heterocycles. The van der Waals surface area contributed by atoms with E-state index in [1.807, 2.05) is 0 Å². The lowest BCUT2D eigenvalue weighted by Gasteiger charge is -2.32. The van der Waals surface area contributed by atoms with Gasteiger partial charge in [-0.05, 0) is 11.5 Å². The Kier molecular flexibility index (Phi) is 3.25. The van der Waals surface area contributed by atoms with E-state index in [4.69, 9.17) is 23.2 Å². The Morgan fingerprint density at radius 2 is 2.17 bits per heavy atom. The van der Waals surface area contributed by atoms with Gasteiger partial charge in [-0.25, -0.2) is 0 Å². The lowest BCUT2D eigenvalue weighted by Crippen LogP contribution is -2.26. The molecule has 12 heavy (non-hydrogen) atoms. The van der Waals surface area contributed by atoms with Gasteiger partial charge in [0, 0.05) is 17.2 Å². The highest BCUT2D eigenvalue weighted by Crippen LogP contribution is 2.35. The van der Waals surface area contributed by atoms with Crippen LogP contribution in [0, 0.1) is 11.3 Å². The van der Waals surface area contributed by atoms with Gasteiger partial charge in [-0.15, -0.1) is 23.2 Å². The van der Waals surface area contributed by atoms with Crippen LogP contribution in [0.15, 0.2) is 23.8 Å². The van der Waals surface area contributed by atoms with Crippen LogP contribution < -0.4 is 0 Å². The van der Waals surface area contributed by atoms with E-state index in [1.165, 1.54) is 5.57 Å². The highest BCUT2D eigenvalue weighted by molar-refractivity contribution is 6.19. The van der Waals surface area contributed by atoms with Gasteiger partial charge in [0.1, 0.15) is 0 Å². The predicted molar refractivity (Wildman–Crippen MR) is 55.9 cm³/mol. The van der Waals surface area contributed by atoms with Crippen molar-refractivity contribution in [1.82, 2.24) is 0 Å². The fraction of sp³-hybridized carbons (Fsp3) is 0.600. The third-order valence-electron chi connectivity index (χ3n) is 2.62. The van der Waals surface area contributed by atoms with Crippen LogP contribution in [0.1, 0.15) is 13.8 Å². The van der Waals surface area contributed by atoms with E-state index in [1.54, 1.807) is 0 Å². The summed E-state index contributed by atoms with van der Waals surface area (Å²) in [4.78, 5) is 0. The van der Waals surface area contributed by atoms with Crippen LogP contribution in [0.25, 0.3) is 0 Å². The SMILES string of the molecule is C[C@@H]1C=C(CCl)C=C[C@@]1(C)CCl. The van der Waals surface area contributed by atoms with E-state index in [-0.39, 0.29) is 5.41 Å². The van der Waals surface area contributed by atoms with Gasteiger partial charge in [0.15, 0.2) is 0 Å². The van der Waals surface area contributed by atoms with Crippen LogP contribution in [-0.2, 0) is 0 Å². The first-order valence-corrected chi connectivity index (χ1v) is 5.21. The molecule has 0 unspecified atom stereocenters. The molecule has 0 fully saturated rings. The number of allylic oxidation sites excluding steroid dienone is 4. The maximum Gasteiger partial charge on any atom is 0.0470 e. The van der Waals surface area contributed by atoms with Gasteiger partial charge in [0.25, 0.3) is 0 Å². The second-order valence-corrected chi connectivity index (χ2v) is 4.17. The van der Waals surface area contributed by atoms with Crippen molar-refractivity contribution in [3.63, 3.8) is 0 Å². The van der Waals surface area contributed by atoms with E-state index in [0.717, 1.165) is 0 Å². The normalized spacial score (nSPS) is 35.0. The molecule has 0 aromatic rings. The van der Waals surface area contributed by atoms with E-state index < -0.39 is 0 Å². The monoisotopic (exact) mass is 204 g/mol. The van der Waals surface area contributed by atoms with Gasteiger partial charge in [0.05, 0.1) is 0 Å². The van der Waals surface area contributed by atoms with Crippen molar-refractivity contribution in [2.45, 2.75) is 13.8 Å². The summed E-state index contributed by atoms with van der Waals surface area (Å²) in [6, 6.07) is 0. The molecule has 2 heteroatoms. The Bertz CT molecular complexity index is 218. The Morgan fingerprint density at radius 1 is 1.50 bits per heavy atom. The zero-order valence-electron chi connectivity index (χ0n) is 7.48. The Hall–Kier alpha value is 0.0600. The molecule has 0 nitrogen and oxygen atoms in total. The Balaban J connectivity index is 2.81. The van der Waals surface area contributed by atoms with Crippen molar-refractivity contribution in [2.24, 2.45) is 11.3 Å². The van der Waals surface area contributed by atoms with Crippen LogP contribution in [0.2, 0.25) is 0 Å². The van der Waals surface area contributed by atoms with Gasteiger partial charge >= 0.3 is 0 Å². The fourth-order valence-corrected chi connectivity index (χ4v) is 1.78. The summed E-state index contributed by atoms with van der Waals surface area (Å²) in [6.45, 7) is 4.35. The molecule has 0 aromatic carbocycles. The first kappa shape index (κ1) is 10.1. The van der Waals surface area contributed by atoms with Gasteiger partial charge < -0.3 is 0 Å². The molecule has 0 saturated heterocycles. The molecule has 0 radical (unpaired) electrons. The summed E-state index contributed by atoms with van der Waals surface area (Å²) >= 11 is 11.6. The second-order valence-electron chi connectivity index (χ2n) is 3.64. The summed E-state index contributed by atoms with van der Waals surface area (Å²) in [5.74, 6) is 1.74. The molecule has 0 bridgehead atoms. The number of alkyl halides is 2. The van der Waals surface area contributed by atoms with Crippen molar-refractivity contribution in [3.05, 3.63) is 23.8 Å². The first-order valence-electron chi connectivity index (χ1n) is 4.14. The van der Waals surface area contributed by atoms with Crippen molar-refractivity contribution in [1.29, 1.82) is 0 Å². The summed E-state index contributed by atoms with van der Waals surface area (Å²) in [5, 5.41) is 0. The van der Waals surface area contributed by atoms with E-state index >= 15 is 0 Å². The molecule has 0 spiro atoms. The lowest BCUT2D eigenvalue weighted by molar-refractivity contribution is 0.368. The molecular formula is C10H14Cl2. The zero-order valence-corrected chi connectivity index (χ0v) is 8.99. The summed E-state index contributed by atoms with van der Waals surface area (Å²) < 4.78 is 0. The Morgan fingerprint density at radius 3 is 2.58 bits per heavy atom. The molecule has 1 rings (SSSR count). The third kappa shape index (κ3) is 1.86. The van der Waals surface area contributed by atoms with Crippen molar-refractivity contribution >= 4 is 23.2 Å². The zero-order chi connectivity index (χ0) is 9.19. The van der Waals surface area contributed by atoms with Gasteiger partial charge in [-0.1, -0.05) is 32.1 Å². The minimum absolute atomic E-state index is 0.108. The summed E-state index contributed by atoms with van der Waals surface area (Å²) in [5.41, 5.74) is 1.31. The predicted octanol–water partition coefficient (Wildman–Crippen LogP) is 3.60. The molecule has 68 valence electrons. The van der Waals surface area contributed by atoms with Crippen LogP contribution in [0.4, 0.5) is 0 Å². The molecule has 0 aromatic heterocycles. The van der Waals surface area contributed by atoms with Gasteiger partial charge in [0.2, 0.25) is 0 Å². The number of rotatable bonds is 2. The molecule has 1 aliphatic carbocycles. The minimum Gasteiger partial charge on any atom is -0.126 e. The second kappa shape index (κ2) is 3.85. The highest BCUT2D eigenvalue weighted by Gasteiger charge is 2.28. The molecule has 0 N–H and O–H groups in total. The number of halogens is 2. The van der Waals surface area contributed by atoms with Crippen LogP contribution in [-0.4, -0.2) is 11.8 Å². The maximum absolute atomic E-state index is 5.89. The number of hydrogen-bond donors (Lipinski definition) is 0. The molecule has 0 saturated carbocycles. The molecule has 1 aliphatic rings. The van der Waals surface area contributed by atoms with Crippen LogP contribution >= 0.6 is 23.2 Å². The Labute approximate surface area is 84.2 Å². The van der Waals surface area contributed by atoms with Crippen molar-refractivity contribution < 1.29 is 0 Å². The maximum atomic E-state index is 5.89. The summed E-state index contributed by atoms with van der Waals surface area (Å²) in [7, 11) is 0. The van der Waals surface area contributed by atoms with Gasteiger partial charge in [-0.2, -0.15) is 0 Å². The van der Waals surface area contributed by atoms with Crippen molar-refractivity contribution in [3.8, 4) is 0 Å². The lowest BCUT2D eigenvalue weighted by atomic mass is 9.76. The fourth-order valence-electron chi connectivity index (χ4n) is 1.27. The van der Waals surface area contributed by atoms with E-state index in [2.05, 4.69) is 32.1 Å². The molecule has 2 atom stereocenters. The van der Waals surface area contributed by atoms with E-state index in [0.29, 0.717) is 17.7 Å². The quantitative estimate of drug-likeness (QED) is 0.604. The molecule has 0 aliphatic heterocycles. The highest BCUT2D eigenvalue weighted by atomic mass is 35.5. The van der Waals surface area contributed by atoms with Gasteiger partial charge in [-0.3, -0.25) is 0 Å². The molecular weight excluding hydrogens is 191 g/mol. The summed E-state index contributed by atoms with van der Waals surface area (Å²) in [6.07, 6.45) is 6.45. The van der Waals surface area contributed by atoms with Crippen molar-refractivity contribution in [2.75, 3.05) is 11.8 Å². The largest absolute Gasteiger partial charge is 0.126 e. The number of hydrogen-bond acceptors (Lipinski definition) is 0. The smallest absolute Gasteiger partial charge is 0.0470 e. The standard InChI is InChI=1S/C10H14Cl2/c1-8-5-9(6-11)3-4-10(8,2)7-12/h3-5,8H,6-7H2,1-2H3/t8-,10+/m1/s1. The average molecular weight is 205 g/mol.